The second-order valence-electron chi connectivity index (χ2n) is 23.6. The highest BCUT2D eigenvalue weighted by atomic mass is 16.7. The summed E-state index contributed by atoms with van der Waals surface area (Å²) in [6, 6.07) is -0.910. The fourth-order valence-corrected chi connectivity index (χ4v) is 11.2. The highest BCUT2D eigenvalue weighted by molar-refractivity contribution is 5.76. The second-order valence-corrected chi connectivity index (χ2v) is 23.6. The summed E-state index contributed by atoms with van der Waals surface area (Å²) in [5.41, 5.74) is 0. The highest BCUT2D eigenvalue weighted by Gasteiger charge is 2.51. The number of aliphatic hydroxyl groups excluding tert-OH is 8. The first-order valence-electron chi connectivity index (χ1n) is 32.9. The minimum absolute atomic E-state index is 0.232. The predicted octanol–water partition coefficient (Wildman–Crippen LogP) is 12.2. The Morgan fingerprint density at radius 3 is 1.18 bits per heavy atom. The number of carbonyl (C=O) groups is 1. The van der Waals surface area contributed by atoms with Gasteiger partial charge in [0.2, 0.25) is 5.91 Å². The van der Waals surface area contributed by atoms with E-state index < -0.39 is 86.8 Å². The Balaban J connectivity index is 1.71. The van der Waals surface area contributed by atoms with Crippen molar-refractivity contribution in [3.63, 3.8) is 0 Å². The molecule has 2 aliphatic rings. The number of nitrogens with one attached hydrogen (secondary N) is 1. The van der Waals surface area contributed by atoms with E-state index >= 15 is 0 Å². The van der Waals surface area contributed by atoms with Crippen molar-refractivity contribution in [3.05, 3.63) is 12.2 Å². The molecule has 14 heteroatoms. The van der Waals surface area contributed by atoms with E-state index in [1.54, 1.807) is 6.08 Å². The van der Waals surface area contributed by atoms with Crippen LogP contribution < -0.4 is 5.32 Å². The largest absolute Gasteiger partial charge is 0.394 e. The van der Waals surface area contributed by atoms with Gasteiger partial charge in [-0.15, -0.1) is 0 Å². The van der Waals surface area contributed by atoms with Crippen LogP contribution in [0.4, 0.5) is 0 Å². The molecule has 0 aromatic heterocycles. The van der Waals surface area contributed by atoms with Crippen LogP contribution in [0.15, 0.2) is 12.2 Å². The van der Waals surface area contributed by atoms with E-state index in [9.17, 15) is 45.6 Å². The van der Waals surface area contributed by atoms with E-state index in [0.29, 0.717) is 6.42 Å². The number of aliphatic hydroxyl groups is 8. The van der Waals surface area contributed by atoms with Gasteiger partial charge >= 0.3 is 0 Å². The molecule has 0 radical (unpaired) electrons. The molecule has 0 aromatic rings. The number of carbonyl (C=O) groups excluding carboxylic acids is 1. The number of ether oxygens (including phenoxy) is 4. The third-order valence-electron chi connectivity index (χ3n) is 16.5. The summed E-state index contributed by atoms with van der Waals surface area (Å²) in [7, 11) is 0. The first kappa shape index (κ1) is 72.8. The van der Waals surface area contributed by atoms with Crippen molar-refractivity contribution in [2.75, 3.05) is 19.8 Å². The molecular weight excluding hydrogens is 991 g/mol. The van der Waals surface area contributed by atoms with E-state index in [2.05, 4.69) is 19.2 Å². The lowest BCUT2D eigenvalue weighted by atomic mass is 9.97. The Kier molecular flexibility index (Phi) is 46.9. The zero-order valence-electron chi connectivity index (χ0n) is 49.9. The maximum atomic E-state index is 13.3. The van der Waals surface area contributed by atoms with Crippen LogP contribution in [0.1, 0.15) is 296 Å². The lowest BCUT2D eigenvalue weighted by molar-refractivity contribution is -0.359. The van der Waals surface area contributed by atoms with Crippen LogP contribution in [0.25, 0.3) is 0 Å². The molecule has 12 unspecified atom stereocenters. The molecule has 0 aromatic carbocycles. The summed E-state index contributed by atoms with van der Waals surface area (Å²) >= 11 is 0. The topological polar surface area (TPSA) is 228 Å². The molecule has 9 N–H and O–H groups in total. The lowest BCUT2D eigenvalue weighted by Gasteiger charge is -2.46. The standard InChI is InChI=1S/C64H123NO13/c1-3-5-7-9-11-13-15-17-19-21-23-24-25-26-27-28-29-30-31-33-35-37-39-41-43-45-47-53(68)52(65-56(69)48-46-44-42-40-38-36-34-32-22-20-18-16-14-12-10-8-6-4-2)51-75-63-61(74)59(72)62(55(50-67)77-63)78-64-60(73)58(71)57(70)54(49-66)76-64/h45,47,52-55,57-64,66-68,70-74H,3-44,46,48-51H2,1-2H3,(H,65,69)/b47-45+. The third-order valence-corrected chi connectivity index (χ3v) is 16.5. The summed E-state index contributed by atoms with van der Waals surface area (Å²) in [5, 5.41) is 87.3. The van der Waals surface area contributed by atoms with Gasteiger partial charge < -0.3 is 65.1 Å². The minimum atomic E-state index is -1.79. The van der Waals surface area contributed by atoms with Gasteiger partial charge in [-0.3, -0.25) is 4.79 Å². The van der Waals surface area contributed by atoms with Gasteiger partial charge in [-0.2, -0.15) is 0 Å². The molecule has 0 aliphatic carbocycles. The normalized spacial score (nSPS) is 24.5. The van der Waals surface area contributed by atoms with E-state index in [0.717, 1.165) is 38.5 Å². The quantitative estimate of drug-likeness (QED) is 0.0204. The SMILES string of the molecule is CCCCCCCCCCCCCCCCCCCCCCCCCC/C=C/C(O)C(COC1OC(CO)C(OC2OC(CO)C(O)C(O)C2O)C(O)C1O)NC(=O)CCCCCCCCCCCCCCCCCCCC. The number of allylic oxidation sites excluding steroid dienone is 1. The average molecular weight is 1110 g/mol. The Hall–Kier alpha value is -1.27. The van der Waals surface area contributed by atoms with Crippen molar-refractivity contribution in [1.29, 1.82) is 0 Å². The molecule has 2 saturated heterocycles. The van der Waals surface area contributed by atoms with Gasteiger partial charge in [0, 0.05) is 6.42 Å². The van der Waals surface area contributed by atoms with Crippen LogP contribution in [0.2, 0.25) is 0 Å². The molecule has 462 valence electrons. The van der Waals surface area contributed by atoms with E-state index in [-0.39, 0.29) is 18.9 Å². The Morgan fingerprint density at radius 1 is 0.449 bits per heavy atom. The zero-order chi connectivity index (χ0) is 56.7. The molecule has 0 bridgehead atoms. The monoisotopic (exact) mass is 1110 g/mol. The van der Waals surface area contributed by atoms with Gasteiger partial charge in [-0.05, 0) is 19.3 Å². The maximum absolute atomic E-state index is 13.3. The molecular formula is C64H123NO13. The number of unbranched alkanes of at least 4 members (excludes halogenated alkanes) is 41. The average Bonchev–Trinajstić information content (AvgIpc) is 3.44. The van der Waals surface area contributed by atoms with Crippen LogP contribution in [-0.2, 0) is 23.7 Å². The van der Waals surface area contributed by atoms with Crippen molar-refractivity contribution in [1.82, 2.24) is 5.32 Å². The number of rotatable bonds is 54. The van der Waals surface area contributed by atoms with Gasteiger partial charge in [0.1, 0.15) is 48.8 Å². The van der Waals surface area contributed by atoms with Crippen LogP contribution >= 0.6 is 0 Å². The molecule has 2 heterocycles. The van der Waals surface area contributed by atoms with Gasteiger partial charge in [0.25, 0.3) is 0 Å². The van der Waals surface area contributed by atoms with Crippen molar-refractivity contribution < 1.29 is 64.6 Å². The first-order valence-corrected chi connectivity index (χ1v) is 32.9. The minimum Gasteiger partial charge on any atom is -0.394 e. The molecule has 1 amide bonds. The third kappa shape index (κ3) is 35.0. The van der Waals surface area contributed by atoms with E-state index in [1.165, 1.54) is 231 Å². The predicted molar refractivity (Wildman–Crippen MR) is 314 cm³/mol. The van der Waals surface area contributed by atoms with Gasteiger partial charge in [-0.25, -0.2) is 0 Å². The summed E-state index contributed by atoms with van der Waals surface area (Å²) in [6.45, 7) is 2.85. The molecule has 14 nitrogen and oxygen atoms in total. The molecule has 78 heavy (non-hydrogen) atoms. The Morgan fingerprint density at radius 2 is 0.795 bits per heavy atom. The van der Waals surface area contributed by atoms with Crippen molar-refractivity contribution in [3.8, 4) is 0 Å². The lowest BCUT2D eigenvalue weighted by Crippen LogP contribution is -2.65. The molecule has 12 atom stereocenters. The van der Waals surface area contributed by atoms with Crippen LogP contribution in [0, 0.1) is 0 Å². The van der Waals surface area contributed by atoms with Crippen LogP contribution in [-0.4, -0.2) is 140 Å². The van der Waals surface area contributed by atoms with Crippen molar-refractivity contribution >= 4 is 5.91 Å². The van der Waals surface area contributed by atoms with E-state index in [4.69, 9.17) is 18.9 Å². The summed E-state index contributed by atoms with van der Waals surface area (Å²) in [4.78, 5) is 13.3. The Labute approximate surface area is 476 Å². The summed E-state index contributed by atoms with van der Waals surface area (Å²) in [6.07, 6.45) is 42.6. The van der Waals surface area contributed by atoms with Crippen LogP contribution in [0.5, 0.6) is 0 Å². The van der Waals surface area contributed by atoms with Crippen molar-refractivity contribution in [2.24, 2.45) is 0 Å². The molecule has 2 fully saturated rings. The fraction of sp³-hybridized carbons (Fsp3) is 0.953. The van der Waals surface area contributed by atoms with Crippen molar-refractivity contribution in [2.45, 2.75) is 370 Å². The van der Waals surface area contributed by atoms with Gasteiger partial charge in [0.05, 0.1) is 32.0 Å². The zero-order valence-corrected chi connectivity index (χ0v) is 49.9. The molecule has 2 aliphatic heterocycles. The first-order chi connectivity index (χ1) is 38.1. The highest BCUT2D eigenvalue weighted by Crippen LogP contribution is 2.30. The molecule has 0 saturated carbocycles. The van der Waals surface area contributed by atoms with Crippen LogP contribution in [0.3, 0.4) is 0 Å². The smallest absolute Gasteiger partial charge is 0.220 e. The molecule has 2 rings (SSSR count). The number of hydrogen-bond acceptors (Lipinski definition) is 13. The Bertz CT molecular complexity index is 1360. The number of hydrogen-bond donors (Lipinski definition) is 9. The summed E-state index contributed by atoms with van der Waals surface area (Å²) < 4.78 is 22.8. The van der Waals surface area contributed by atoms with Gasteiger partial charge in [-0.1, -0.05) is 283 Å². The fourth-order valence-electron chi connectivity index (χ4n) is 11.2. The molecule has 0 spiro atoms. The maximum Gasteiger partial charge on any atom is 0.220 e. The van der Waals surface area contributed by atoms with E-state index in [1.807, 2.05) is 6.08 Å². The van der Waals surface area contributed by atoms with Gasteiger partial charge in [0.15, 0.2) is 12.6 Å². The summed E-state index contributed by atoms with van der Waals surface area (Å²) in [5.74, 6) is -0.232. The second kappa shape index (κ2) is 50.3. The number of amides is 1.